The van der Waals surface area contributed by atoms with Crippen LogP contribution in [0.15, 0.2) is 24.3 Å². The zero-order valence-corrected chi connectivity index (χ0v) is 43.9. The fraction of sp³-hybridized carbons (Fsp3) is 0.889. The highest BCUT2D eigenvalue weighted by molar-refractivity contribution is 7.51. The van der Waals surface area contributed by atoms with Gasteiger partial charge in [0.25, 0.3) is 0 Å². The number of allylic oxidation sites excluding steroid dienone is 4. The molecule has 0 bridgehead atoms. The van der Waals surface area contributed by atoms with Crippen molar-refractivity contribution in [1.82, 2.24) is 0 Å². The number of esters is 2. The van der Waals surface area contributed by atoms with Gasteiger partial charge >= 0.3 is 11.9 Å². The first-order valence-electron chi connectivity index (χ1n) is 27.1. The highest BCUT2D eigenvalue weighted by atomic mass is 31.2. The summed E-state index contributed by atoms with van der Waals surface area (Å²) in [4.78, 5) is 38.7. The quantitative estimate of drug-likeness (QED) is 0.0152. The summed E-state index contributed by atoms with van der Waals surface area (Å²) in [6, 6.07) is 0. The van der Waals surface area contributed by atoms with Crippen molar-refractivity contribution >= 4 is 19.5 Å². The minimum Gasteiger partial charge on any atom is -0.774 e. The molecule has 11 heteroatoms. The van der Waals surface area contributed by atoms with Gasteiger partial charge in [-0.25, -0.2) is 0 Å². The lowest BCUT2D eigenvalue weighted by Gasteiger charge is -2.42. The first-order valence-corrected chi connectivity index (χ1v) is 28.8. The Morgan fingerprint density at radius 2 is 0.877 bits per heavy atom. The molecule has 0 radical (unpaired) electrons. The van der Waals surface area contributed by atoms with Crippen molar-refractivity contribution < 1.29 is 47.7 Å². The normalized spacial score (nSPS) is 14.1. The fourth-order valence-corrected chi connectivity index (χ4v) is 9.50. The van der Waals surface area contributed by atoms with Gasteiger partial charge in [0, 0.05) is 19.3 Å². The van der Waals surface area contributed by atoms with E-state index in [9.17, 15) is 29.3 Å². The molecule has 10 nitrogen and oxygen atoms in total. The number of aliphatic hydroxyl groups is 2. The van der Waals surface area contributed by atoms with E-state index in [1.165, 1.54) is 174 Å². The molecule has 0 aromatic carbocycles. The topological polar surface area (TPSA) is 142 Å². The second-order valence-corrected chi connectivity index (χ2v) is 21.6. The second kappa shape index (κ2) is 44.9. The van der Waals surface area contributed by atoms with Crippen molar-refractivity contribution in [3.63, 3.8) is 0 Å². The summed E-state index contributed by atoms with van der Waals surface area (Å²) < 4.78 is 29.7. The summed E-state index contributed by atoms with van der Waals surface area (Å²) in [6.45, 7) is 5.47. The van der Waals surface area contributed by atoms with Crippen LogP contribution in [0.5, 0.6) is 0 Å². The van der Waals surface area contributed by atoms with Gasteiger partial charge in [-0.2, -0.15) is 0 Å². The van der Waals surface area contributed by atoms with E-state index in [0.29, 0.717) is 12.8 Å². The van der Waals surface area contributed by atoms with E-state index in [4.69, 9.17) is 14.0 Å². The predicted molar refractivity (Wildman–Crippen MR) is 270 cm³/mol. The molecule has 0 spiro atoms. The van der Waals surface area contributed by atoms with Crippen LogP contribution in [0.25, 0.3) is 0 Å². The lowest BCUT2D eigenvalue weighted by Crippen LogP contribution is -2.50. The van der Waals surface area contributed by atoms with Gasteiger partial charge in [-0.15, -0.1) is 0 Å². The van der Waals surface area contributed by atoms with Crippen molar-refractivity contribution in [2.75, 3.05) is 33.9 Å². The van der Waals surface area contributed by atoms with Crippen molar-refractivity contribution in [3.05, 3.63) is 24.3 Å². The summed E-state index contributed by atoms with van der Waals surface area (Å²) in [5, 5.41) is 18.6. The molecule has 0 heterocycles. The van der Waals surface area contributed by atoms with Gasteiger partial charge in [0.15, 0.2) is 20.0 Å². The number of quaternary nitrogens is 1. The number of rotatable bonds is 49. The minimum atomic E-state index is -4.50. The summed E-state index contributed by atoms with van der Waals surface area (Å²) in [7, 11) is -1.15. The van der Waals surface area contributed by atoms with Crippen LogP contribution in [0.1, 0.15) is 258 Å². The number of carbonyl (C=O) groups excluding carboxylic acids is 2. The van der Waals surface area contributed by atoms with E-state index < -0.39 is 44.3 Å². The number of unbranched alkanes of at least 4 members (excludes halogenated alkanes) is 30. The van der Waals surface area contributed by atoms with Gasteiger partial charge in [-0.3, -0.25) is 9.59 Å². The van der Waals surface area contributed by atoms with E-state index in [1.54, 1.807) is 14.1 Å². The molecule has 0 aliphatic heterocycles. The number of ether oxygens (including phenoxy) is 2. The van der Waals surface area contributed by atoms with Crippen LogP contribution in [-0.4, -0.2) is 78.7 Å². The smallest absolute Gasteiger partial charge is 0.306 e. The summed E-state index contributed by atoms with van der Waals surface area (Å²) in [5.41, 5.74) is 0. The molecular formula is C54H104NO9P. The Morgan fingerprint density at radius 3 is 1.28 bits per heavy atom. The molecule has 2 N–H and O–H groups in total. The number of hydrogen-bond donors (Lipinski definition) is 2. The largest absolute Gasteiger partial charge is 0.774 e. The number of nitrogens with zero attached hydrogens (tertiary/aromatic N) is 1. The third kappa shape index (κ3) is 42.3. The third-order valence-corrected chi connectivity index (χ3v) is 14.9. The van der Waals surface area contributed by atoms with Gasteiger partial charge in [0.05, 0.1) is 27.2 Å². The lowest BCUT2D eigenvalue weighted by molar-refractivity contribution is -0.902. The maximum absolute atomic E-state index is 13.2. The molecule has 65 heavy (non-hydrogen) atoms. The van der Waals surface area contributed by atoms with Gasteiger partial charge in [-0.1, -0.05) is 192 Å². The number of aliphatic hydroxyl groups excluding tert-OH is 1. The minimum absolute atomic E-state index is 0.00148. The van der Waals surface area contributed by atoms with Gasteiger partial charge in [0.2, 0.25) is 0 Å². The molecule has 0 amide bonds. The van der Waals surface area contributed by atoms with Crippen molar-refractivity contribution in [1.29, 1.82) is 0 Å². The summed E-state index contributed by atoms with van der Waals surface area (Å²) >= 11 is 0. The summed E-state index contributed by atoms with van der Waals surface area (Å²) in [5.74, 6) is -1.89. The lowest BCUT2D eigenvalue weighted by atomic mass is 10.0. The molecule has 0 fully saturated rings. The SMILES string of the molecule is CCCCCCC/C=C\CCCCCCCCCC/C=C\CCCCC(=O)OC[C@H](COP(=O)([O-])C(C)[N+](C)(C)CCC(O)O)OC(=O)CCCCCCCCCCCCCCCCC. The molecule has 0 saturated carbocycles. The Morgan fingerprint density at radius 1 is 0.538 bits per heavy atom. The Labute approximate surface area is 400 Å². The van der Waals surface area contributed by atoms with Gasteiger partial charge < -0.3 is 38.2 Å². The first kappa shape index (κ1) is 63.5. The van der Waals surface area contributed by atoms with E-state index in [1.807, 2.05) is 0 Å². The molecule has 0 aliphatic carbocycles. The molecule has 0 aliphatic rings. The Kier molecular flexibility index (Phi) is 43.9. The van der Waals surface area contributed by atoms with E-state index in [-0.39, 0.29) is 36.9 Å². The monoisotopic (exact) mass is 942 g/mol. The predicted octanol–water partition coefficient (Wildman–Crippen LogP) is 14.3. The Hall–Kier alpha value is -1.55. The molecule has 0 saturated heterocycles. The van der Waals surface area contributed by atoms with Gasteiger partial charge in [-0.05, 0) is 71.1 Å². The van der Waals surface area contributed by atoms with Crippen molar-refractivity contribution in [2.24, 2.45) is 0 Å². The van der Waals surface area contributed by atoms with Crippen LogP contribution in [0, 0.1) is 0 Å². The average molecular weight is 942 g/mol. The molecule has 384 valence electrons. The Balaban J connectivity index is 4.44. The molecule has 2 unspecified atom stereocenters. The highest BCUT2D eigenvalue weighted by Gasteiger charge is 2.35. The van der Waals surface area contributed by atoms with Crippen molar-refractivity contribution in [2.45, 2.75) is 277 Å². The number of hydrogen-bond acceptors (Lipinski definition) is 9. The van der Waals surface area contributed by atoms with Crippen molar-refractivity contribution in [3.8, 4) is 0 Å². The molecule has 0 rings (SSSR count). The first-order chi connectivity index (χ1) is 31.4. The zero-order valence-electron chi connectivity index (χ0n) is 43.0. The fourth-order valence-electron chi connectivity index (χ4n) is 8.03. The highest BCUT2D eigenvalue weighted by Crippen LogP contribution is 2.46. The maximum Gasteiger partial charge on any atom is 0.306 e. The van der Waals surface area contributed by atoms with Crippen LogP contribution in [0.4, 0.5) is 0 Å². The molecule has 3 atom stereocenters. The van der Waals surface area contributed by atoms with E-state index in [0.717, 1.165) is 38.5 Å². The van der Waals surface area contributed by atoms with E-state index >= 15 is 0 Å². The maximum atomic E-state index is 13.2. The molecule has 0 aromatic rings. The van der Waals surface area contributed by atoms with Crippen LogP contribution >= 0.6 is 7.60 Å². The van der Waals surface area contributed by atoms with Gasteiger partial charge in [0.1, 0.15) is 12.4 Å². The standard InChI is InChI=1S/C54H104NO9P/c1-6-8-10-12-14-16-18-20-22-23-24-25-26-27-28-29-31-32-34-36-38-40-42-44-53(58)62-48-51(49-63-65(60,61)50(3)55(4,5)47-46-52(56)57)64-54(59)45-43-41-39-37-35-33-30-21-19-17-15-13-11-9-7-2/h18,20,34,36,50-52,56-57H,6-17,19,21-33,35,37-49H2,1-5H3/b20-18-,36-34-/t50?,51-/m1/s1. The second-order valence-electron chi connectivity index (χ2n) is 19.5. The van der Waals surface area contributed by atoms with Crippen LogP contribution < -0.4 is 4.89 Å². The average Bonchev–Trinajstić information content (AvgIpc) is 3.27. The summed E-state index contributed by atoms with van der Waals surface area (Å²) in [6.07, 6.45) is 48.7. The van der Waals surface area contributed by atoms with Crippen LogP contribution in [-0.2, 0) is 28.2 Å². The molecule has 0 aromatic heterocycles. The zero-order chi connectivity index (χ0) is 48.1. The Bertz CT molecular complexity index is 1190. The van der Waals surface area contributed by atoms with E-state index in [2.05, 4.69) is 38.2 Å². The number of carbonyl (C=O) groups is 2. The van der Waals surface area contributed by atoms with Crippen LogP contribution in [0.2, 0.25) is 0 Å². The molecular weight excluding hydrogens is 838 g/mol. The third-order valence-electron chi connectivity index (χ3n) is 12.9. The van der Waals surface area contributed by atoms with Crippen LogP contribution in [0.3, 0.4) is 0 Å².